The molecule has 4 rings (SSSR count). The Balaban J connectivity index is 1.52. The van der Waals surface area contributed by atoms with Crippen molar-refractivity contribution in [3.05, 3.63) is 60.2 Å². The number of rotatable bonds is 8. The summed E-state index contributed by atoms with van der Waals surface area (Å²) in [7, 11) is 5.32. The molecule has 2 aromatic heterocycles. The molecular weight excluding hydrogens is 417 g/mol. The van der Waals surface area contributed by atoms with Gasteiger partial charge in [-0.2, -0.15) is 0 Å². The minimum Gasteiger partial charge on any atom is -0.382 e. The van der Waals surface area contributed by atoms with Crippen molar-refractivity contribution < 1.29 is 9.53 Å². The van der Waals surface area contributed by atoms with Gasteiger partial charge in [-0.15, -0.1) is 0 Å². The highest BCUT2D eigenvalue weighted by atomic mass is 16.5. The quantitative estimate of drug-likeness (QED) is 0.357. The first kappa shape index (κ1) is 22.7. The van der Waals surface area contributed by atoms with Crippen molar-refractivity contribution in [2.45, 2.75) is 12.8 Å². The van der Waals surface area contributed by atoms with Gasteiger partial charge in [-0.1, -0.05) is 24.3 Å². The van der Waals surface area contributed by atoms with Crippen molar-refractivity contribution in [2.75, 3.05) is 48.8 Å². The molecule has 4 N–H and O–H groups in total. The topological polar surface area (TPSA) is 118 Å². The maximum absolute atomic E-state index is 13.1. The van der Waals surface area contributed by atoms with Gasteiger partial charge in [-0.3, -0.25) is 9.78 Å². The lowest BCUT2D eigenvalue weighted by Gasteiger charge is -2.30. The fourth-order valence-corrected chi connectivity index (χ4v) is 3.69. The molecule has 168 valence electrons. The summed E-state index contributed by atoms with van der Waals surface area (Å²) in [6, 6.07) is 9.87. The maximum atomic E-state index is 13.1. The number of anilines is 3. The summed E-state index contributed by atoms with van der Waals surface area (Å²) >= 11 is 0. The fourth-order valence-electron chi connectivity index (χ4n) is 3.69. The second-order valence-corrected chi connectivity index (χ2v) is 7.69. The normalized spacial score (nSPS) is 13.6. The number of benzene rings is 1. The molecule has 10 heteroatoms. The number of carbonyl (C=O) groups excluding carboxylic acids is 1. The van der Waals surface area contributed by atoms with Gasteiger partial charge in [0.15, 0.2) is 19.5 Å². The van der Waals surface area contributed by atoms with Crippen LogP contribution in [-0.2, 0) is 11.2 Å². The van der Waals surface area contributed by atoms with E-state index in [1.54, 1.807) is 18.6 Å². The van der Waals surface area contributed by atoms with Crippen LogP contribution >= 0.6 is 0 Å². The number of morpholine rings is 1. The number of nitrogens with zero attached hydrogens (tertiary/aromatic N) is 4. The van der Waals surface area contributed by atoms with Gasteiger partial charge in [0.2, 0.25) is 0 Å². The number of aromatic nitrogens is 3. The zero-order chi connectivity index (χ0) is 23.0. The molecule has 1 amide bonds. The zero-order valence-corrected chi connectivity index (χ0v) is 18.3. The van der Waals surface area contributed by atoms with Crippen LogP contribution < -0.4 is 21.2 Å². The number of nitrogens with two attached hydrogens (primary N) is 1. The Kier molecular flexibility index (Phi) is 7.49. The van der Waals surface area contributed by atoms with E-state index in [1.807, 2.05) is 30.3 Å². The second kappa shape index (κ2) is 10.9. The Bertz CT molecular complexity index is 1090. The number of nitrogens with one attached hydrogen (secondary N) is 2. The van der Waals surface area contributed by atoms with E-state index in [0.29, 0.717) is 24.6 Å². The van der Waals surface area contributed by atoms with Gasteiger partial charge in [-0.25, -0.2) is 9.97 Å². The number of hydrogen-bond donors (Lipinski definition) is 3. The zero-order valence-electron chi connectivity index (χ0n) is 18.3. The smallest absolute Gasteiger partial charge is 0.278 e. The minimum absolute atomic E-state index is 0.0685. The molecule has 3 aromatic rings. The standard InChI is InChI=1S/C23H26BN7O2/c24-28-8-1-2-16-3-5-17(6-4-16)18-15-27-22(25)21(29-18)23(32)30-19-14-26-9-7-20(19)31-10-12-33-13-11-31/h3-7,9,14-15,28H,1-2,8,10-13H2,(H2,25,27)(H,30,32). The third kappa shape index (κ3) is 5.66. The summed E-state index contributed by atoms with van der Waals surface area (Å²) in [6.45, 7) is 3.51. The van der Waals surface area contributed by atoms with Crippen LogP contribution in [0, 0.1) is 0 Å². The van der Waals surface area contributed by atoms with E-state index in [0.717, 1.165) is 43.7 Å². The van der Waals surface area contributed by atoms with Crippen molar-refractivity contribution in [1.82, 2.24) is 20.2 Å². The van der Waals surface area contributed by atoms with Gasteiger partial charge in [0.05, 0.1) is 42.7 Å². The second-order valence-electron chi connectivity index (χ2n) is 7.69. The summed E-state index contributed by atoms with van der Waals surface area (Å²) in [6.07, 6.45) is 6.76. The van der Waals surface area contributed by atoms with E-state index in [2.05, 4.69) is 30.4 Å². The number of ether oxygens (including phenoxy) is 1. The van der Waals surface area contributed by atoms with Gasteiger partial charge >= 0.3 is 0 Å². The third-order valence-corrected chi connectivity index (χ3v) is 5.45. The van der Waals surface area contributed by atoms with Crippen molar-refractivity contribution in [1.29, 1.82) is 0 Å². The van der Waals surface area contributed by atoms with Crippen LogP contribution in [0.25, 0.3) is 11.3 Å². The molecule has 0 aliphatic carbocycles. The Morgan fingerprint density at radius 3 is 2.70 bits per heavy atom. The fraction of sp³-hybridized carbons (Fsp3) is 0.304. The molecule has 0 atom stereocenters. The summed E-state index contributed by atoms with van der Waals surface area (Å²) in [5, 5.41) is 5.56. The van der Waals surface area contributed by atoms with Crippen molar-refractivity contribution in [2.24, 2.45) is 0 Å². The highest BCUT2D eigenvalue weighted by Crippen LogP contribution is 2.26. The Hall–Kier alpha value is -3.50. The van der Waals surface area contributed by atoms with Crippen LogP contribution in [0.15, 0.2) is 48.9 Å². The van der Waals surface area contributed by atoms with Crippen molar-refractivity contribution in [3.8, 4) is 11.3 Å². The molecule has 1 aliphatic heterocycles. The molecule has 0 saturated carbocycles. The van der Waals surface area contributed by atoms with E-state index < -0.39 is 5.91 Å². The Morgan fingerprint density at radius 2 is 1.94 bits per heavy atom. The highest BCUT2D eigenvalue weighted by Gasteiger charge is 2.19. The van der Waals surface area contributed by atoms with Crippen molar-refractivity contribution in [3.63, 3.8) is 0 Å². The molecule has 1 aromatic carbocycles. The van der Waals surface area contributed by atoms with E-state index in [9.17, 15) is 4.79 Å². The van der Waals surface area contributed by atoms with Crippen LogP contribution in [-0.4, -0.2) is 61.7 Å². The average molecular weight is 443 g/mol. The highest BCUT2D eigenvalue weighted by molar-refractivity contribution is 6.07. The molecule has 1 aliphatic rings. The van der Waals surface area contributed by atoms with Crippen LogP contribution in [0.1, 0.15) is 22.5 Å². The van der Waals surface area contributed by atoms with E-state index in [1.165, 1.54) is 5.56 Å². The SMILES string of the molecule is [B]NCCCc1ccc(-c2cnc(N)c(C(=O)Nc3cnccc3N3CCOCC3)n2)cc1. The molecule has 1 saturated heterocycles. The Morgan fingerprint density at radius 1 is 1.15 bits per heavy atom. The lowest BCUT2D eigenvalue weighted by Crippen LogP contribution is -2.36. The van der Waals surface area contributed by atoms with Gasteiger partial charge in [0.25, 0.3) is 5.91 Å². The van der Waals surface area contributed by atoms with Crippen LogP contribution in [0.5, 0.6) is 0 Å². The molecule has 33 heavy (non-hydrogen) atoms. The molecule has 0 spiro atoms. The van der Waals surface area contributed by atoms with Crippen molar-refractivity contribution >= 4 is 31.1 Å². The first-order valence-corrected chi connectivity index (χ1v) is 10.9. The van der Waals surface area contributed by atoms with Gasteiger partial charge in [-0.05, 0) is 31.0 Å². The van der Waals surface area contributed by atoms with Crippen LogP contribution in [0.3, 0.4) is 0 Å². The predicted octanol–water partition coefficient (Wildman–Crippen LogP) is 1.82. The Labute approximate surface area is 194 Å². The van der Waals surface area contributed by atoms with Gasteiger partial charge < -0.3 is 25.9 Å². The van der Waals surface area contributed by atoms with E-state index in [-0.39, 0.29) is 11.5 Å². The number of aryl methyl sites for hydroxylation is 1. The first-order valence-electron chi connectivity index (χ1n) is 10.9. The molecule has 0 unspecified atom stereocenters. The molecular formula is C23H26BN7O2. The van der Waals surface area contributed by atoms with Gasteiger partial charge in [0, 0.05) is 24.8 Å². The molecule has 3 heterocycles. The average Bonchev–Trinajstić information content (AvgIpc) is 2.86. The van der Waals surface area contributed by atoms with Crippen LogP contribution in [0.4, 0.5) is 17.2 Å². The number of pyridine rings is 1. The summed E-state index contributed by atoms with van der Waals surface area (Å²) in [5.74, 6) is -0.366. The number of hydrogen-bond acceptors (Lipinski definition) is 8. The summed E-state index contributed by atoms with van der Waals surface area (Å²) < 4.78 is 5.43. The monoisotopic (exact) mass is 443 g/mol. The molecule has 0 bridgehead atoms. The summed E-state index contributed by atoms with van der Waals surface area (Å²) in [5.41, 5.74) is 10.2. The van der Waals surface area contributed by atoms with Gasteiger partial charge in [0.1, 0.15) is 0 Å². The number of amides is 1. The predicted molar refractivity (Wildman–Crippen MR) is 129 cm³/mol. The lowest BCUT2D eigenvalue weighted by atomic mass is 10.1. The number of carbonyl (C=O) groups is 1. The lowest BCUT2D eigenvalue weighted by molar-refractivity contribution is 0.102. The minimum atomic E-state index is -0.435. The largest absolute Gasteiger partial charge is 0.382 e. The third-order valence-electron chi connectivity index (χ3n) is 5.45. The molecule has 1 fully saturated rings. The molecule has 9 nitrogen and oxygen atoms in total. The number of nitrogen functional groups attached to an aromatic ring is 1. The van der Waals surface area contributed by atoms with E-state index >= 15 is 0 Å². The molecule has 2 radical (unpaired) electrons. The van der Waals surface area contributed by atoms with E-state index in [4.69, 9.17) is 18.5 Å². The maximum Gasteiger partial charge on any atom is 0.278 e. The summed E-state index contributed by atoms with van der Waals surface area (Å²) in [4.78, 5) is 28.1. The first-order chi connectivity index (χ1) is 16.2. The van der Waals surface area contributed by atoms with Crippen LogP contribution in [0.2, 0.25) is 0 Å².